The number of carbonyl (C=O) groups excluding carboxylic acids is 1. The van der Waals surface area contributed by atoms with E-state index >= 15 is 0 Å². The van der Waals surface area contributed by atoms with Crippen LogP contribution in [0.1, 0.15) is 42.5 Å². The lowest BCUT2D eigenvalue weighted by molar-refractivity contribution is -0.117. The first kappa shape index (κ1) is 16.2. The van der Waals surface area contributed by atoms with Crippen LogP contribution in [-0.2, 0) is 11.3 Å². The number of carbonyl (C=O) groups is 1. The first-order valence-electron chi connectivity index (χ1n) is 8.29. The number of nitrogens with one attached hydrogen (secondary N) is 2. The van der Waals surface area contributed by atoms with E-state index in [0.717, 1.165) is 30.6 Å². The van der Waals surface area contributed by atoms with E-state index in [1.807, 2.05) is 48.5 Å². The van der Waals surface area contributed by atoms with Crippen molar-refractivity contribution >= 4 is 11.6 Å². The molecule has 1 atom stereocenters. The molecule has 0 aromatic heterocycles. The maximum absolute atomic E-state index is 11.8. The fourth-order valence-electron chi connectivity index (χ4n) is 2.53. The number of anilines is 1. The fourth-order valence-corrected chi connectivity index (χ4v) is 2.53. The monoisotopic (exact) mass is 319 g/mol. The average Bonchev–Trinajstić information content (AvgIpc) is 3.46. The maximum Gasteiger partial charge on any atom is 0.227 e. The van der Waals surface area contributed by atoms with Gasteiger partial charge < -0.3 is 10.6 Å². The van der Waals surface area contributed by atoms with E-state index in [9.17, 15) is 4.79 Å². The van der Waals surface area contributed by atoms with Gasteiger partial charge in [0.25, 0.3) is 0 Å². The Bertz CT molecular complexity index is 740. The molecule has 4 nitrogen and oxygen atoms in total. The smallest absolute Gasteiger partial charge is 0.227 e. The molecule has 2 N–H and O–H groups in total. The predicted octanol–water partition coefficient (Wildman–Crippen LogP) is 3.76. The van der Waals surface area contributed by atoms with Crippen molar-refractivity contribution in [2.24, 2.45) is 5.92 Å². The molecule has 2 aromatic rings. The van der Waals surface area contributed by atoms with Gasteiger partial charge in [0.2, 0.25) is 5.91 Å². The molecule has 1 amide bonds. The van der Waals surface area contributed by atoms with Crippen LogP contribution < -0.4 is 10.6 Å². The molecule has 2 aromatic carbocycles. The molecule has 0 aliphatic heterocycles. The summed E-state index contributed by atoms with van der Waals surface area (Å²) in [5.41, 5.74) is 3.85. The maximum atomic E-state index is 11.8. The second kappa shape index (κ2) is 7.29. The highest BCUT2D eigenvalue weighted by molar-refractivity contribution is 5.94. The first-order valence-corrected chi connectivity index (χ1v) is 8.29. The highest BCUT2D eigenvalue weighted by Gasteiger charge is 2.29. The molecule has 1 fully saturated rings. The van der Waals surface area contributed by atoms with Gasteiger partial charge in [0.05, 0.1) is 11.6 Å². The minimum Gasteiger partial charge on any atom is -0.326 e. The highest BCUT2D eigenvalue weighted by Crippen LogP contribution is 2.30. The zero-order valence-electron chi connectivity index (χ0n) is 13.8. The van der Waals surface area contributed by atoms with E-state index in [1.165, 1.54) is 5.56 Å². The second-order valence-corrected chi connectivity index (χ2v) is 6.30. The molecule has 24 heavy (non-hydrogen) atoms. The summed E-state index contributed by atoms with van der Waals surface area (Å²) in [6.45, 7) is 2.86. The lowest BCUT2D eigenvalue weighted by atomic mass is 10.1. The molecule has 1 aliphatic carbocycles. The van der Waals surface area contributed by atoms with Crippen molar-refractivity contribution in [2.75, 3.05) is 5.32 Å². The summed E-state index contributed by atoms with van der Waals surface area (Å²) in [6.07, 6.45) is 2.03. The van der Waals surface area contributed by atoms with Crippen LogP contribution in [0.4, 0.5) is 5.69 Å². The number of rotatable bonds is 6. The van der Waals surface area contributed by atoms with Gasteiger partial charge in [-0.05, 0) is 55.2 Å². The summed E-state index contributed by atoms with van der Waals surface area (Å²) in [5.74, 6) is 0.354. The number of nitriles is 1. The molecule has 1 saturated carbocycles. The van der Waals surface area contributed by atoms with Crippen LogP contribution >= 0.6 is 0 Å². The van der Waals surface area contributed by atoms with Crippen LogP contribution in [0.3, 0.4) is 0 Å². The van der Waals surface area contributed by atoms with Crippen molar-refractivity contribution in [1.82, 2.24) is 5.32 Å². The van der Waals surface area contributed by atoms with Crippen molar-refractivity contribution in [3.63, 3.8) is 0 Å². The van der Waals surface area contributed by atoms with Gasteiger partial charge in [0.1, 0.15) is 0 Å². The number of hydrogen-bond acceptors (Lipinski definition) is 3. The molecular weight excluding hydrogens is 298 g/mol. The number of benzene rings is 2. The van der Waals surface area contributed by atoms with E-state index in [0.29, 0.717) is 5.56 Å². The Kier molecular flexibility index (Phi) is 4.93. The Labute approximate surface area is 142 Å². The topological polar surface area (TPSA) is 64.9 Å². The van der Waals surface area contributed by atoms with Crippen LogP contribution in [-0.4, -0.2) is 5.91 Å². The van der Waals surface area contributed by atoms with Crippen molar-refractivity contribution in [2.45, 2.75) is 32.4 Å². The SMILES string of the molecule is CC(NCc1ccc(C#N)cc1)c1ccc(NC(=O)C2CC2)cc1. The van der Waals surface area contributed by atoms with Gasteiger partial charge >= 0.3 is 0 Å². The summed E-state index contributed by atoms with van der Waals surface area (Å²) < 4.78 is 0. The standard InChI is InChI=1S/C20H21N3O/c1-14(22-13-16-4-2-15(12-21)3-5-16)17-8-10-19(11-9-17)23-20(24)18-6-7-18/h2-5,8-11,14,18,22H,6-7,13H2,1H3,(H,23,24). The number of hydrogen-bond donors (Lipinski definition) is 2. The van der Waals surface area contributed by atoms with E-state index in [-0.39, 0.29) is 17.9 Å². The van der Waals surface area contributed by atoms with Gasteiger partial charge in [-0.2, -0.15) is 5.26 Å². The number of nitrogens with zero attached hydrogens (tertiary/aromatic N) is 1. The number of amides is 1. The summed E-state index contributed by atoms with van der Waals surface area (Å²) in [7, 11) is 0. The summed E-state index contributed by atoms with van der Waals surface area (Å²) >= 11 is 0. The Balaban J connectivity index is 1.53. The first-order chi connectivity index (χ1) is 11.7. The van der Waals surface area contributed by atoms with Crippen LogP contribution in [0.25, 0.3) is 0 Å². The molecule has 0 heterocycles. The Morgan fingerprint density at radius 1 is 1.17 bits per heavy atom. The van der Waals surface area contributed by atoms with Crippen molar-refractivity contribution < 1.29 is 4.79 Å². The summed E-state index contributed by atoms with van der Waals surface area (Å²) in [4.78, 5) is 11.8. The molecule has 3 rings (SSSR count). The van der Waals surface area contributed by atoms with E-state index in [2.05, 4.69) is 23.6 Å². The lowest BCUT2D eigenvalue weighted by Gasteiger charge is -2.15. The third kappa shape index (κ3) is 4.21. The Morgan fingerprint density at radius 2 is 1.83 bits per heavy atom. The molecule has 0 bridgehead atoms. The van der Waals surface area contributed by atoms with E-state index in [4.69, 9.17) is 5.26 Å². The lowest BCUT2D eigenvalue weighted by Crippen LogP contribution is -2.18. The third-order valence-corrected chi connectivity index (χ3v) is 4.32. The molecule has 1 unspecified atom stereocenters. The summed E-state index contributed by atoms with van der Waals surface area (Å²) in [5, 5.41) is 15.2. The Morgan fingerprint density at radius 3 is 2.42 bits per heavy atom. The minimum absolute atomic E-state index is 0.134. The zero-order chi connectivity index (χ0) is 16.9. The van der Waals surface area contributed by atoms with Crippen molar-refractivity contribution in [3.8, 4) is 6.07 Å². The molecule has 0 saturated heterocycles. The van der Waals surface area contributed by atoms with Gasteiger partial charge in [-0.15, -0.1) is 0 Å². The normalized spacial score (nSPS) is 14.7. The van der Waals surface area contributed by atoms with Gasteiger partial charge in [-0.3, -0.25) is 4.79 Å². The highest BCUT2D eigenvalue weighted by atomic mass is 16.2. The van der Waals surface area contributed by atoms with Crippen LogP contribution in [0.15, 0.2) is 48.5 Å². The van der Waals surface area contributed by atoms with Gasteiger partial charge in [0.15, 0.2) is 0 Å². The second-order valence-electron chi connectivity index (χ2n) is 6.30. The average molecular weight is 319 g/mol. The van der Waals surface area contributed by atoms with Crippen molar-refractivity contribution in [1.29, 1.82) is 5.26 Å². The zero-order valence-corrected chi connectivity index (χ0v) is 13.8. The van der Waals surface area contributed by atoms with Crippen LogP contribution in [0.2, 0.25) is 0 Å². The van der Waals surface area contributed by atoms with Crippen LogP contribution in [0, 0.1) is 17.2 Å². The van der Waals surface area contributed by atoms with Gasteiger partial charge in [0, 0.05) is 24.2 Å². The molecule has 1 aliphatic rings. The molecule has 0 spiro atoms. The molecular formula is C20H21N3O. The third-order valence-electron chi connectivity index (χ3n) is 4.32. The predicted molar refractivity (Wildman–Crippen MR) is 94.2 cm³/mol. The van der Waals surface area contributed by atoms with Crippen LogP contribution in [0.5, 0.6) is 0 Å². The van der Waals surface area contributed by atoms with E-state index < -0.39 is 0 Å². The largest absolute Gasteiger partial charge is 0.326 e. The Hall–Kier alpha value is -2.64. The quantitative estimate of drug-likeness (QED) is 0.852. The molecule has 122 valence electrons. The minimum atomic E-state index is 0.134. The van der Waals surface area contributed by atoms with E-state index in [1.54, 1.807) is 0 Å². The molecule has 4 heteroatoms. The van der Waals surface area contributed by atoms with Crippen molar-refractivity contribution in [3.05, 3.63) is 65.2 Å². The van der Waals surface area contributed by atoms with Gasteiger partial charge in [-0.25, -0.2) is 0 Å². The van der Waals surface area contributed by atoms with Gasteiger partial charge in [-0.1, -0.05) is 24.3 Å². The fraction of sp³-hybridized carbons (Fsp3) is 0.300. The summed E-state index contributed by atoms with van der Waals surface area (Å²) in [6, 6.07) is 17.9. The molecule has 0 radical (unpaired) electrons.